The van der Waals surface area contributed by atoms with E-state index in [-0.39, 0.29) is 30.9 Å². The van der Waals surface area contributed by atoms with Gasteiger partial charge in [0.25, 0.3) is 0 Å². The molecule has 1 unspecified atom stereocenters. The fourth-order valence-electron chi connectivity index (χ4n) is 0.732. The van der Waals surface area contributed by atoms with Crippen LogP contribution in [-0.2, 0) is 9.59 Å². The summed E-state index contributed by atoms with van der Waals surface area (Å²) >= 11 is 0. The summed E-state index contributed by atoms with van der Waals surface area (Å²) in [5.41, 5.74) is 0.970. The van der Waals surface area contributed by atoms with E-state index >= 15 is 0 Å². The van der Waals surface area contributed by atoms with Crippen LogP contribution in [0.1, 0.15) is 32.4 Å². The van der Waals surface area contributed by atoms with Gasteiger partial charge in [-0.2, -0.15) is 0 Å². The van der Waals surface area contributed by atoms with E-state index < -0.39 is 0 Å². The largest absolute Gasteiger partial charge is 0.389 e. The van der Waals surface area contributed by atoms with E-state index in [9.17, 15) is 9.59 Å². The molecular formula is C14H22O5. The summed E-state index contributed by atoms with van der Waals surface area (Å²) < 4.78 is 0. The van der Waals surface area contributed by atoms with Gasteiger partial charge in [0.1, 0.15) is 13.2 Å². The molecule has 0 saturated heterocycles. The van der Waals surface area contributed by atoms with Gasteiger partial charge in [-0.1, -0.05) is 30.3 Å². The molecule has 1 rings (SSSR count). The Kier molecular flexibility index (Phi) is 13.4. The zero-order chi connectivity index (χ0) is 15.3. The van der Waals surface area contributed by atoms with Crippen molar-refractivity contribution in [2.24, 2.45) is 0 Å². The maximum atomic E-state index is 9.56. The predicted molar refractivity (Wildman–Crippen MR) is 72.6 cm³/mol. The molecule has 0 heterocycles. The first-order chi connectivity index (χ1) is 8.84. The number of rotatable bonds is 3. The highest BCUT2D eigenvalue weighted by molar-refractivity contribution is 5.76. The van der Waals surface area contributed by atoms with E-state index in [1.165, 1.54) is 13.8 Å². The normalized spacial score (nSPS) is 10.2. The summed E-state index contributed by atoms with van der Waals surface area (Å²) in [5, 5.41) is 24.6. The summed E-state index contributed by atoms with van der Waals surface area (Å²) in [5.74, 6) is -0.380. The Morgan fingerprint density at radius 3 is 1.47 bits per heavy atom. The average Bonchev–Trinajstić information content (AvgIpc) is 2.41. The van der Waals surface area contributed by atoms with Crippen LogP contribution in [0.2, 0.25) is 0 Å². The van der Waals surface area contributed by atoms with Crippen LogP contribution in [0.15, 0.2) is 30.3 Å². The number of carbonyl (C=O) groups is 2. The highest BCUT2D eigenvalue weighted by Gasteiger charge is 1.95. The number of hydrogen-bond acceptors (Lipinski definition) is 5. The van der Waals surface area contributed by atoms with Crippen LogP contribution < -0.4 is 0 Å². The van der Waals surface area contributed by atoms with Gasteiger partial charge >= 0.3 is 0 Å². The molecule has 0 aliphatic carbocycles. The second-order valence-electron chi connectivity index (χ2n) is 3.81. The molecule has 1 aromatic rings. The summed E-state index contributed by atoms with van der Waals surface area (Å²) in [6.45, 7) is 3.76. The number of benzene rings is 1. The lowest BCUT2D eigenvalue weighted by atomic mass is 10.1. The fraction of sp³-hybridized carbons (Fsp3) is 0.429. The van der Waals surface area contributed by atoms with Crippen LogP contribution in [0.5, 0.6) is 0 Å². The van der Waals surface area contributed by atoms with E-state index in [2.05, 4.69) is 0 Å². The number of carbonyl (C=O) groups excluding carboxylic acids is 2. The summed E-state index contributed by atoms with van der Waals surface area (Å²) in [7, 11) is 0. The van der Waals surface area contributed by atoms with Gasteiger partial charge in [0.15, 0.2) is 11.6 Å². The molecule has 0 spiro atoms. The molecule has 3 N–H and O–H groups in total. The van der Waals surface area contributed by atoms with E-state index in [1.807, 2.05) is 30.3 Å². The molecule has 0 saturated carbocycles. The molecule has 108 valence electrons. The standard InChI is InChI=1S/C8H10O.2C3H6O2/c1-7(9)8-5-3-2-4-6-8;2*1-3(5)2-4/h2-7,9H,1H3;2*4H,2H2,1H3. The molecule has 0 aromatic heterocycles. The summed E-state index contributed by atoms with van der Waals surface area (Å²) in [4.78, 5) is 19.1. The van der Waals surface area contributed by atoms with Gasteiger partial charge in [0.05, 0.1) is 6.10 Å². The average molecular weight is 270 g/mol. The Morgan fingerprint density at radius 1 is 1.00 bits per heavy atom. The highest BCUT2D eigenvalue weighted by Crippen LogP contribution is 2.09. The van der Waals surface area contributed by atoms with Crippen molar-refractivity contribution in [3.63, 3.8) is 0 Å². The maximum Gasteiger partial charge on any atom is 0.155 e. The van der Waals surface area contributed by atoms with Crippen molar-refractivity contribution in [3.05, 3.63) is 35.9 Å². The maximum absolute atomic E-state index is 9.56. The quantitative estimate of drug-likeness (QED) is 0.757. The lowest BCUT2D eigenvalue weighted by molar-refractivity contribution is -0.120. The van der Waals surface area contributed by atoms with E-state index in [1.54, 1.807) is 6.92 Å². The molecule has 0 aliphatic heterocycles. The Labute approximate surface area is 113 Å². The first-order valence-corrected chi connectivity index (χ1v) is 5.78. The van der Waals surface area contributed by atoms with Gasteiger partial charge in [-0.3, -0.25) is 9.59 Å². The number of hydrogen-bond donors (Lipinski definition) is 3. The van der Waals surface area contributed by atoms with Crippen molar-refractivity contribution in [1.82, 2.24) is 0 Å². The Hall–Kier alpha value is -1.56. The molecule has 0 bridgehead atoms. The van der Waals surface area contributed by atoms with Crippen LogP contribution in [-0.4, -0.2) is 40.1 Å². The zero-order valence-corrected chi connectivity index (χ0v) is 11.5. The predicted octanol–water partition coefficient (Wildman–Crippen LogP) is 0.875. The third kappa shape index (κ3) is 16.4. The van der Waals surface area contributed by atoms with Gasteiger partial charge in [0, 0.05) is 0 Å². The molecular weight excluding hydrogens is 248 g/mol. The molecule has 5 nitrogen and oxygen atoms in total. The lowest BCUT2D eigenvalue weighted by Crippen LogP contribution is -1.93. The van der Waals surface area contributed by atoms with E-state index in [0.717, 1.165) is 5.56 Å². The molecule has 0 fully saturated rings. The third-order valence-electron chi connectivity index (χ3n) is 1.73. The SMILES string of the molecule is CC(=O)CO.CC(=O)CO.CC(O)c1ccccc1. The monoisotopic (exact) mass is 270 g/mol. The second kappa shape index (κ2) is 12.9. The van der Waals surface area contributed by atoms with Crippen molar-refractivity contribution in [1.29, 1.82) is 0 Å². The van der Waals surface area contributed by atoms with Crippen molar-refractivity contribution in [3.8, 4) is 0 Å². The molecule has 0 aliphatic rings. The molecule has 1 aromatic carbocycles. The van der Waals surface area contributed by atoms with Crippen LogP contribution >= 0.6 is 0 Å². The smallest absolute Gasteiger partial charge is 0.155 e. The van der Waals surface area contributed by atoms with Crippen LogP contribution in [0.25, 0.3) is 0 Å². The number of aliphatic hydroxyl groups excluding tert-OH is 3. The van der Waals surface area contributed by atoms with Crippen molar-refractivity contribution < 1.29 is 24.9 Å². The van der Waals surface area contributed by atoms with Crippen LogP contribution in [0.3, 0.4) is 0 Å². The summed E-state index contributed by atoms with van der Waals surface area (Å²) in [6, 6.07) is 9.59. The van der Waals surface area contributed by atoms with Crippen LogP contribution in [0, 0.1) is 0 Å². The second-order valence-corrected chi connectivity index (χ2v) is 3.81. The third-order valence-corrected chi connectivity index (χ3v) is 1.73. The molecule has 19 heavy (non-hydrogen) atoms. The fourth-order valence-corrected chi connectivity index (χ4v) is 0.732. The Bertz CT molecular complexity index is 332. The minimum absolute atomic E-state index is 0.190. The first-order valence-electron chi connectivity index (χ1n) is 5.78. The number of Topliss-reactive ketones (excluding diaryl/α,β-unsaturated/α-hetero) is 2. The van der Waals surface area contributed by atoms with Crippen LogP contribution in [0.4, 0.5) is 0 Å². The first kappa shape index (κ1) is 19.8. The van der Waals surface area contributed by atoms with E-state index in [4.69, 9.17) is 15.3 Å². The summed E-state index contributed by atoms with van der Waals surface area (Å²) in [6.07, 6.45) is -0.341. The Balaban J connectivity index is 0. The minimum atomic E-state index is -0.341. The van der Waals surface area contributed by atoms with Gasteiger partial charge in [0.2, 0.25) is 0 Å². The van der Waals surface area contributed by atoms with Gasteiger partial charge < -0.3 is 15.3 Å². The molecule has 5 heteroatoms. The van der Waals surface area contributed by atoms with Crippen molar-refractivity contribution in [2.75, 3.05) is 13.2 Å². The minimum Gasteiger partial charge on any atom is -0.389 e. The Morgan fingerprint density at radius 2 is 1.32 bits per heavy atom. The highest BCUT2D eigenvalue weighted by atomic mass is 16.3. The molecule has 1 atom stereocenters. The van der Waals surface area contributed by atoms with Gasteiger partial charge in [-0.25, -0.2) is 0 Å². The van der Waals surface area contributed by atoms with Gasteiger partial charge in [-0.15, -0.1) is 0 Å². The number of ketones is 2. The lowest BCUT2D eigenvalue weighted by Gasteiger charge is -2.00. The van der Waals surface area contributed by atoms with Gasteiger partial charge in [-0.05, 0) is 26.3 Å². The molecule has 0 radical (unpaired) electrons. The zero-order valence-electron chi connectivity index (χ0n) is 11.5. The molecule has 0 amide bonds. The van der Waals surface area contributed by atoms with E-state index in [0.29, 0.717) is 0 Å². The topological polar surface area (TPSA) is 94.8 Å². The number of aliphatic hydroxyl groups is 3. The van der Waals surface area contributed by atoms with Crippen molar-refractivity contribution >= 4 is 11.6 Å². The van der Waals surface area contributed by atoms with Crippen molar-refractivity contribution in [2.45, 2.75) is 26.9 Å².